The van der Waals surface area contributed by atoms with Crippen molar-refractivity contribution in [3.05, 3.63) is 30.1 Å². The molecule has 1 unspecified atom stereocenters. The number of hydrogen-bond acceptors (Lipinski definition) is 3. The maximum Gasteiger partial charge on any atom is 0.222 e. The van der Waals surface area contributed by atoms with Crippen LogP contribution in [0.5, 0.6) is 5.75 Å². The van der Waals surface area contributed by atoms with Crippen molar-refractivity contribution < 1.29 is 19.0 Å². The molecule has 1 aromatic carbocycles. The number of aliphatic hydroxyl groups is 1. The van der Waals surface area contributed by atoms with E-state index in [1.54, 1.807) is 17.0 Å². The van der Waals surface area contributed by atoms with Crippen LogP contribution in [0.1, 0.15) is 25.7 Å². The lowest BCUT2D eigenvalue weighted by atomic mass is 10.1. The summed E-state index contributed by atoms with van der Waals surface area (Å²) >= 11 is 0. The summed E-state index contributed by atoms with van der Waals surface area (Å²) in [6.45, 7) is 1.60. The monoisotopic (exact) mass is 281 g/mol. The van der Waals surface area contributed by atoms with Gasteiger partial charge in [0.2, 0.25) is 5.91 Å². The molecular formula is C15H20FNO3. The van der Waals surface area contributed by atoms with E-state index >= 15 is 0 Å². The molecule has 0 radical (unpaired) electrons. The molecule has 1 aliphatic rings. The number of likely N-dealkylation sites (tertiary alicyclic amines) is 1. The quantitative estimate of drug-likeness (QED) is 0.839. The highest BCUT2D eigenvalue weighted by Gasteiger charge is 2.21. The van der Waals surface area contributed by atoms with Gasteiger partial charge in [0.25, 0.3) is 0 Å². The highest BCUT2D eigenvalue weighted by Crippen LogP contribution is 2.13. The lowest BCUT2D eigenvalue weighted by molar-refractivity contribution is -0.134. The molecule has 110 valence electrons. The summed E-state index contributed by atoms with van der Waals surface area (Å²) in [4.78, 5) is 13.6. The molecule has 2 rings (SSSR count). The Labute approximate surface area is 118 Å². The Morgan fingerprint density at radius 3 is 2.85 bits per heavy atom. The van der Waals surface area contributed by atoms with Crippen LogP contribution in [0.2, 0.25) is 0 Å². The van der Waals surface area contributed by atoms with Crippen molar-refractivity contribution in [3.63, 3.8) is 0 Å². The van der Waals surface area contributed by atoms with Gasteiger partial charge in [0.05, 0.1) is 12.7 Å². The lowest BCUT2D eigenvalue weighted by Crippen LogP contribution is -2.42. The number of carbonyl (C=O) groups excluding carboxylic acids is 1. The average molecular weight is 281 g/mol. The van der Waals surface area contributed by atoms with Gasteiger partial charge in [-0.1, -0.05) is 0 Å². The molecule has 1 saturated heterocycles. The topological polar surface area (TPSA) is 49.8 Å². The van der Waals surface area contributed by atoms with Crippen LogP contribution in [0, 0.1) is 5.82 Å². The largest absolute Gasteiger partial charge is 0.494 e. The lowest BCUT2D eigenvalue weighted by Gasteiger charge is -2.30. The van der Waals surface area contributed by atoms with Gasteiger partial charge < -0.3 is 14.7 Å². The molecule has 1 aliphatic heterocycles. The maximum atomic E-state index is 12.7. The van der Waals surface area contributed by atoms with Crippen LogP contribution in [0.25, 0.3) is 0 Å². The van der Waals surface area contributed by atoms with Gasteiger partial charge in [0.15, 0.2) is 0 Å². The summed E-state index contributed by atoms with van der Waals surface area (Å²) in [5.74, 6) is 0.370. The molecule has 1 fully saturated rings. The van der Waals surface area contributed by atoms with Crippen molar-refractivity contribution in [2.45, 2.75) is 31.8 Å². The third-order valence-electron chi connectivity index (χ3n) is 3.37. The number of benzene rings is 1. The zero-order valence-corrected chi connectivity index (χ0v) is 11.4. The van der Waals surface area contributed by atoms with Gasteiger partial charge in [-0.05, 0) is 43.5 Å². The van der Waals surface area contributed by atoms with Crippen molar-refractivity contribution in [3.8, 4) is 5.75 Å². The standard InChI is InChI=1S/C15H20FNO3/c16-12-5-7-14(8-6-12)20-10-2-4-15(19)17-9-1-3-13(18)11-17/h5-8,13,18H,1-4,9-11H2. The van der Waals surface area contributed by atoms with Crippen molar-refractivity contribution in [2.75, 3.05) is 19.7 Å². The van der Waals surface area contributed by atoms with E-state index in [2.05, 4.69) is 0 Å². The number of nitrogens with zero attached hydrogens (tertiary/aromatic N) is 1. The van der Waals surface area contributed by atoms with Gasteiger partial charge in [-0.15, -0.1) is 0 Å². The van der Waals surface area contributed by atoms with Crippen LogP contribution in [0.15, 0.2) is 24.3 Å². The van der Waals surface area contributed by atoms with E-state index in [4.69, 9.17) is 4.74 Å². The van der Waals surface area contributed by atoms with Crippen molar-refractivity contribution in [1.82, 2.24) is 4.90 Å². The Morgan fingerprint density at radius 1 is 1.40 bits per heavy atom. The summed E-state index contributed by atoms with van der Waals surface area (Å²) in [5.41, 5.74) is 0. The first-order chi connectivity index (χ1) is 9.65. The number of halogens is 1. The Morgan fingerprint density at radius 2 is 2.15 bits per heavy atom. The third-order valence-corrected chi connectivity index (χ3v) is 3.37. The van der Waals surface area contributed by atoms with Gasteiger partial charge >= 0.3 is 0 Å². The Balaban J connectivity index is 1.65. The molecular weight excluding hydrogens is 261 g/mol. The van der Waals surface area contributed by atoms with E-state index in [0.717, 1.165) is 19.4 Å². The summed E-state index contributed by atoms with van der Waals surface area (Å²) < 4.78 is 18.1. The second kappa shape index (κ2) is 7.24. The number of hydrogen-bond donors (Lipinski definition) is 1. The van der Waals surface area contributed by atoms with Crippen LogP contribution in [0.4, 0.5) is 4.39 Å². The van der Waals surface area contributed by atoms with Crippen LogP contribution in [-0.2, 0) is 4.79 Å². The predicted molar refractivity (Wildman–Crippen MR) is 72.9 cm³/mol. The number of aliphatic hydroxyl groups excluding tert-OH is 1. The Hall–Kier alpha value is -1.62. The highest BCUT2D eigenvalue weighted by molar-refractivity contribution is 5.76. The summed E-state index contributed by atoms with van der Waals surface area (Å²) in [6.07, 6.45) is 2.27. The number of piperidine rings is 1. The molecule has 4 nitrogen and oxygen atoms in total. The van der Waals surface area contributed by atoms with Gasteiger partial charge in [-0.25, -0.2) is 4.39 Å². The second-order valence-electron chi connectivity index (χ2n) is 5.04. The molecule has 0 bridgehead atoms. The van der Waals surface area contributed by atoms with Crippen LogP contribution in [-0.4, -0.2) is 41.7 Å². The van der Waals surface area contributed by atoms with Gasteiger partial charge in [0.1, 0.15) is 11.6 Å². The molecule has 1 heterocycles. The van der Waals surface area contributed by atoms with Crippen LogP contribution >= 0.6 is 0 Å². The van der Waals surface area contributed by atoms with Crippen molar-refractivity contribution >= 4 is 5.91 Å². The number of ether oxygens (including phenoxy) is 1. The first-order valence-corrected chi connectivity index (χ1v) is 6.99. The van der Waals surface area contributed by atoms with E-state index < -0.39 is 0 Å². The fourth-order valence-electron chi connectivity index (χ4n) is 2.28. The van der Waals surface area contributed by atoms with Crippen LogP contribution < -0.4 is 4.74 Å². The fraction of sp³-hybridized carbons (Fsp3) is 0.533. The first kappa shape index (κ1) is 14.8. The van der Waals surface area contributed by atoms with Gasteiger partial charge in [0, 0.05) is 19.5 Å². The highest BCUT2D eigenvalue weighted by atomic mass is 19.1. The summed E-state index contributed by atoms with van der Waals surface area (Å²) in [7, 11) is 0. The molecule has 0 aliphatic carbocycles. The van der Waals surface area contributed by atoms with E-state index in [9.17, 15) is 14.3 Å². The molecule has 0 spiro atoms. The Bertz CT molecular complexity index is 435. The average Bonchev–Trinajstić information content (AvgIpc) is 2.45. The predicted octanol–water partition coefficient (Wildman–Crippen LogP) is 1.97. The minimum atomic E-state index is -0.386. The van der Waals surface area contributed by atoms with Crippen LogP contribution in [0.3, 0.4) is 0 Å². The molecule has 0 saturated carbocycles. The van der Waals surface area contributed by atoms with Gasteiger partial charge in [-0.2, -0.15) is 0 Å². The third kappa shape index (κ3) is 4.49. The molecule has 20 heavy (non-hydrogen) atoms. The smallest absolute Gasteiger partial charge is 0.222 e. The Kier molecular flexibility index (Phi) is 5.35. The zero-order valence-electron chi connectivity index (χ0n) is 11.4. The summed E-state index contributed by atoms with van der Waals surface area (Å²) in [6, 6.07) is 5.82. The van der Waals surface area contributed by atoms with E-state index in [-0.39, 0.29) is 17.8 Å². The zero-order chi connectivity index (χ0) is 14.4. The van der Waals surface area contributed by atoms with Crippen molar-refractivity contribution in [1.29, 1.82) is 0 Å². The van der Waals surface area contributed by atoms with E-state index in [0.29, 0.717) is 31.7 Å². The van der Waals surface area contributed by atoms with Gasteiger partial charge in [-0.3, -0.25) is 4.79 Å². The van der Waals surface area contributed by atoms with Crippen molar-refractivity contribution in [2.24, 2.45) is 0 Å². The maximum absolute atomic E-state index is 12.7. The normalized spacial score (nSPS) is 18.9. The number of β-amino-alcohol motifs (C(OH)–C–C–N with tert-alkyl or cyclic N) is 1. The molecule has 1 amide bonds. The fourth-order valence-corrected chi connectivity index (χ4v) is 2.28. The SMILES string of the molecule is O=C(CCCOc1ccc(F)cc1)N1CCCC(O)C1. The number of amides is 1. The molecule has 1 aromatic rings. The molecule has 0 aromatic heterocycles. The first-order valence-electron chi connectivity index (χ1n) is 6.99. The minimum absolute atomic E-state index is 0.0615. The molecule has 5 heteroatoms. The summed E-state index contributed by atoms with van der Waals surface area (Å²) in [5, 5.41) is 9.52. The second-order valence-corrected chi connectivity index (χ2v) is 5.04. The van der Waals surface area contributed by atoms with E-state index in [1.807, 2.05) is 0 Å². The minimum Gasteiger partial charge on any atom is -0.494 e. The number of rotatable bonds is 5. The molecule has 1 atom stereocenters. The van der Waals surface area contributed by atoms with E-state index in [1.165, 1.54) is 12.1 Å². The molecule has 1 N–H and O–H groups in total. The number of carbonyl (C=O) groups is 1.